The lowest BCUT2D eigenvalue weighted by atomic mass is 10.2. The van der Waals surface area contributed by atoms with Gasteiger partial charge >= 0.3 is 5.97 Å². The minimum Gasteiger partial charge on any atom is -0.452 e. The summed E-state index contributed by atoms with van der Waals surface area (Å²) in [4.78, 5) is 20.8. The van der Waals surface area contributed by atoms with Crippen LogP contribution in [0, 0.1) is 13.8 Å². The molecule has 0 atom stereocenters. The van der Waals surface area contributed by atoms with Gasteiger partial charge in [0, 0.05) is 21.9 Å². The minimum atomic E-state index is -0.528. The number of ether oxygens (including phenoxy) is 1. The van der Waals surface area contributed by atoms with E-state index in [2.05, 4.69) is 36.2 Å². The Bertz CT molecular complexity index is 1170. The van der Waals surface area contributed by atoms with Crippen LogP contribution in [0.25, 0.3) is 17.2 Å². The predicted octanol–water partition coefficient (Wildman–Crippen LogP) is 4.05. The van der Waals surface area contributed by atoms with Crippen LogP contribution in [0.15, 0.2) is 57.7 Å². The second kappa shape index (κ2) is 7.96. The molecule has 4 aromatic rings. The first-order valence-corrected chi connectivity index (χ1v) is 9.54. The van der Waals surface area contributed by atoms with Crippen molar-refractivity contribution in [1.29, 1.82) is 0 Å². The molecule has 0 aliphatic rings. The molecular formula is C20H16BrN5O3. The molecule has 0 N–H and O–H groups in total. The van der Waals surface area contributed by atoms with Crippen LogP contribution in [-0.4, -0.2) is 30.9 Å². The Balaban J connectivity index is 1.40. The van der Waals surface area contributed by atoms with Crippen molar-refractivity contribution in [3.05, 3.63) is 76.0 Å². The van der Waals surface area contributed by atoms with Gasteiger partial charge in [-0.15, -0.1) is 0 Å². The number of aryl methyl sites for hydroxylation is 2. The lowest BCUT2D eigenvalue weighted by Gasteiger charge is -2.05. The van der Waals surface area contributed by atoms with Gasteiger partial charge in [0.2, 0.25) is 5.82 Å². The van der Waals surface area contributed by atoms with Crippen molar-refractivity contribution < 1.29 is 14.1 Å². The molecule has 8 nitrogen and oxygen atoms in total. The van der Waals surface area contributed by atoms with E-state index in [1.54, 1.807) is 16.8 Å². The number of benzene rings is 1. The van der Waals surface area contributed by atoms with Crippen molar-refractivity contribution in [2.24, 2.45) is 0 Å². The number of hydrogen-bond donors (Lipinski definition) is 0. The Labute approximate surface area is 174 Å². The molecule has 0 saturated heterocycles. The lowest BCUT2D eigenvalue weighted by molar-refractivity contribution is 0.0429. The van der Waals surface area contributed by atoms with Crippen LogP contribution in [0.1, 0.15) is 27.6 Å². The Hall–Kier alpha value is -3.33. The van der Waals surface area contributed by atoms with Crippen molar-refractivity contribution in [3.63, 3.8) is 0 Å². The van der Waals surface area contributed by atoms with Crippen LogP contribution >= 0.6 is 15.9 Å². The van der Waals surface area contributed by atoms with Gasteiger partial charge in [-0.25, -0.2) is 14.5 Å². The molecule has 1 aromatic carbocycles. The Morgan fingerprint density at radius 3 is 2.76 bits per heavy atom. The number of nitrogens with zero attached hydrogens (tertiary/aromatic N) is 5. The quantitative estimate of drug-likeness (QED) is 0.420. The molecule has 0 bridgehead atoms. The van der Waals surface area contributed by atoms with Crippen molar-refractivity contribution in [2.75, 3.05) is 0 Å². The average Bonchev–Trinajstić information content (AvgIpc) is 3.32. The molecule has 0 fully saturated rings. The van der Waals surface area contributed by atoms with Crippen LogP contribution in [0.3, 0.4) is 0 Å². The van der Waals surface area contributed by atoms with Gasteiger partial charge in [0.05, 0.1) is 11.3 Å². The summed E-state index contributed by atoms with van der Waals surface area (Å²) in [6.45, 7) is 3.73. The smallest absolute Gasteiger partial charge is 0.340 e. The van der Waals surface area contributed by atoms with Gasteiger partial charge in [0.15, 0.2) is 12.4 Å². The standard InChI is InChI=1S/C20H16BrN5O3/c1-12-8-13(2)26(24-12)17-7-6-15(10-22-17)20(27)28-11-18-23-19(25-29-18)14-4-3-5-16(21)9-14/h3-10H,11H2,1-2H3. The summed E-state index contributed by atoms with van der Waals surface area (Å²) in [5, 5.41) is 8.28. The minimum absolute atomic E-state index is 0.126. The molecule has 9 heteroatoms. The van der Waals surface area contributed by atoms with Gasteiger partial charge in [-0.05, 0) is 44.2 Å². The highest BCUT2D eigenvalue weighted by Gasteiger charge is 2.14. The highest BCUT2D eigenvalue weighted by molar-refractivity contribution is 9.10. The van der Waals surface area contributed by atoms with E-state index < -0.39 is 5.97 Å². The number of hydrogen-bond acceptors (Lipinski definition) is 7. The fraction of sp³-hybridized carbons (Fsp3) is 0.150. The molecule has 4 rings (SSSR count). The summed E-state index contributed by atoms with van der Waals surface area (Å²) in [5.41, 5.74) is 2.98. The number of carbonyl (C=O) groups is 1. The molecule has 0 amide bonds. The third kappa shape index (κ3) is 4.24. The van der Waals surface area contributed by atoms with E-state index >= 15 is 0 Å². The van der Waals surface area contributed by atoms with Gasteiger partial charge in [-0.1, -0.05) is 33.2 Å². The van der Waals surface area contributed by atoms with Crippen molar-refractivity contribution in [1.82, 2.24) is 24.9 Å². The summed E-state index contributed by atoms with van der Waals surface area (Å²) in [6.07, 6.45) is 1.45. The Morgan fingerprint density at radius 2 is 2.07 bits per heavy atom. The van der Waals surface area contributed by atoms with Gasteiger partial charge in [0.1, 0.15) is 0 Å². The number of aromatic nitrogens is 5. The van der Waals surface area contributed by atoms with E-state index in [9.17, 15) is 4.79 Å². The first-order valence-electron chi connectivity index (χ1n) is 8.75. The maximum atomic E-state index is 12.3. The van der Waals surface area contributed by atoms with E-state index in [0.29, 0.717) is 17.2 Å². The largest absolute Gasteiger partial charge is 0.452 e. The lowest BCUT2D eigenvalue weighted by Crippen LogP contribution is -2.08. The van der Waals surface area contributed by atoms with E-state index in [0.717, 1.165) is 21.4 Å². The first-order chi connectivity index (χ1) is 14.0. The molecule has 29 heavy (non-hydrogen) atoms. The third-order valence-electron chi connectivity index (χ3n) is 4.09. The summed E-state index contributed by atoms with van der Waals surface area (Å²) in [7, 11) is 0. The number of halogens is 1. The molecule has 146 valence electrons. The molecule has 0 spiro atoms. The SMILES string of the molecule is Cc1cc(C)n(-c2ccc(C(=O)OCc3nc(-c4cccc(Br)c4)no3)cn2)n1. The Morgan fingerprint density at radius 1 is 1.21 bits per heavy atom. The molecule has 3 heterocycles. The van der Waals surface area contributed by atoms with Crippen molar-refractivity contribution in [2.45, 2.75) is 20.5 Å². The average molecular weight is 454 g/mol. The first kappa shape index (κ1) is 19.0. The molecule has 0 saturated carbocycles. The number of esters is 1. The summed E-state index contributed by atoms with van der Waals surface area (Å²) >= 11 is 3.40. The van der Waals surface area contributed by atoms with E-state index in [4.69, 9.17) is 9.26 Å². The zero-order valence-corrected chi connectivity index (χ0v) is 17.3. The van der Waals surface area contributed by atoms with Crippen LogP contribution < -0.4 is 0 Å². The van der Waals surface area contributed by atoms with E-state index in [1.165, 1.54) is 6.20 Å². The van der Waals surface area contributed by atoms with E-state index in [1.807, 2.05) is 44.2 Å². The number of rotatable bonds is 5. The summed E-state index contributed by atoms with van der Waals surface area (Å²) in [5.74, 6) is 0.733. The van der Waals surface area contributed by atoms with Gasteiger partial charge in [0.25, 0.3) is 5.89 Å². The fourth-order valence-electron chi connectivity index (χ4n) is 2.76. The molecule has 0 aliphatic heterocycles. The van der Waals surface area contributed by atoms with Crippen molar-refractivity contribution >= 4 is 21.9 Å². The predicted molar refractivity (Wildman–Crippen MR) is 107 cm³/mol. The molecule has 0 unspecified atom stereocenters. The number of pyridine rings is 1. The van der Waals surface area contributed by atoms with Gasteiger partial charge in [-0.2, -0.15) is 10.1 Å². The van der Waals surface area contributed by atoms with Gasteiger partial charge in [-0.3, -0.25) is 0 Å². The van der Waals surface area contributed by atoms with Crippen LogP contribution in [0.5, 0.6) is 0 Å². The topological polar surface area (TPSA) is 95.9 Å². The molecular weight excluding hydrogens is 438 g/mol. The molecule has 0 aliphatic carbocycles. The highest BCUT2D eigenvalue weighted by atomic mass is 79.9. The Kier molecular flexibility index (Phi) is 5.22. The van der Waals surface area contributed by atoms with Crippen molar-refractivity contribution in [3.8, 4) is 17.2 Å². The zero-order chi connectivity index (χ0) is 20.4. The second-order valence-corrected chi connectivity index (χ2v) is 7.26. The second-order valence-electron chi connectivity index (χ2n) is 6.34. The fourth-order valence-corrected chi connectivity index (χ4v) is 3.16. The third-order valence-corrected chi connectivity index (χ3v) is 4.58. The normalized spacial score (nSPS) is 10.9. The zero-order valence-electron chi connectivity index (χ0n) is 15.7. The van der Waals surface area contributed by atoms with Gasteiger partial charge < -0.3 is 9.26 Å². The van der Waals surface area contributed by atoms with Crippen LogP contribution in [0.2, 0.25) is 0 Å². The van der Waals surface area contributed by atoms with E-state index in [-0.39, 0.29) is 12.5 Å². The number of carbonyl (C=O) groups excluding carboxylic acids is 1. The summed E-state index contributed by atoms with van der Waals surface area (Å²) in [6, 6.07) is 12.8. The maximum absolute atomic E-state index is 12.3. The molecule has 0 radical (unpaired) electrons. The monoisotopic (exact) mass is 453 g/mol. The van der Waals surface area contributed by atoms with Crippen LogP contribution in [0.4, 0.5) is 0 Å². The summed E-state index contributed by atoms with van der Waals surface area (Å²) < 4.78 is 13.0. The maximum Gasteiger partial charge on any atom is 0.340 e. The highest BCUT2D eigenvalue weighted by Crippen LogP contribution is 2.20. The molecule has 3 aromatic heterocycles. The van der Waals surface area contributed by atoms with Crippen LogP contribution in [-0.2, 0) is 11.3 Å².